The first-order chi connectivity index (χ1) is 11.1. The van der Waals surface area contributed by atoms with E-state index in [0.717, 1.165) is 22.0 Å². The van der Waals surface area contributed by atoms with Crippen LogP contribution < -0.4 is 5.32 Å². The van der Waals surface area contributed by atoms with Crippen molar-refractivity contribution in [2.75, 3.05) is 0 Å². The highest BCUT2D eigenvalue weighted by atomic mass is 16.3. The van der Waals surface area contributed by atoms with E-state index in [2.05, 4.69) is 5.32 Å². The monoisotopic (exact) mass is 306 g/mol. The van der Waals surface area contributed by atoms with Crippen molar-refractivity contribution in [3.63, 3.8) is 0 Å². The molecular formula is C19H18N2O2. The molecule has 0 fully saturated rings. The summed E-state index contributed by atoms with van der Waals surface area (Å²) in [6.07, 6.45) is 0.00185. The number of fused-ring (bicyclic) bond motifs is 2. The number of benzene rings is 2. The lowest BCUT2D eigenvalue weighted by Crippen LogP contribution is -2.34. The Kier molecular flexibility index (Phi) is 3.20. The molecule has 2 N–H and O–H groups in total. The summed E-state index contributed by atoms with van der Waals surface area (Å²) in [5.74, 6) is -0.163. The molecule has 0 radical (unpaired) electrons. The molecule has 3 aromatic rings. The number of nitrogens with one attached hydrogen (secondary N) is 1. The van der Waals surface area contributed by atoms with Crippen LogP contribution in [-0.2, 0) is 13.5 Å². The molecule has 0 saturated heterocycles. The van der Waals surface area contributed by atoms with Crippen molar-refractivity contribution < 1.29 is 9.90 Å². The van der Waals surface area contributed by atoms with Crippen molar-refractivity contribution in [3.8, 4) is 0 Å². The molecule has 4 rings (SSSR count). The molecule has 0 spiro atoms. The lowest BCUT2D eigenvalue weighted by molar-refractivity contribution is 0.0851. The molecule has 1 aromatic heterocycles. The van der Waals surface area contributed by atoms with Crippen LogP contribution in [0.4, 0.5) is 0 Å². The molecule has 2 aromatic carbocycles. The van der Waals surface area contributed by atoms with Crippen LogP contribution in [0.3, 0.4) is 0 Å². The maximum Gasteiger partial charge on any atom is 0.268 e. The molecule has 4 nitrogen and oxygen atoms in total. The van der Waals surface area contributed by atoms with E-state index < -0.39 is 6.10 Å². The molecule has 0 aliphatic heterocycles. The Balaban J connectivity index is 1.66. The van der Waals surface area contributed by atoms with Crippen molar-refractivity contribution in [3.05, 3.63) is 71.4 Å². The van der Waals surface area contributed by atoms with Crippen molar-refractivity contribution in [1.29, 1.82) is 0 Å². The summed E-state index contributed by atoms with van der Waals surface area (Å²) in [5, 5.41) is 14.3. The van der Waals surface area contributed by atoms with E-state index in [4.69, 9.17) is 0 Å². The van der Waals surface area contributed by atoms with Crippen LogP contribution in [0.15, 0.2) is 54.6 Å². The lowest BCUT2D eigenvalue weighted by Gasteiger charge is -2.18. The molecule has 23 heavy (non-hydrogen) atoms. The highest BCUT2D eigenvalue weighted by molar-refractivity contribution is 5.99. The summed E-state index contributed by atoms with van der Waals surface area (Å²) in [6.45, 7) is 0. The standard InChI is InChI=1S/C19H18N2O2/c1-21-15-9-5-3-7-13(15)10-16(21)19(23)20-18-14-8-4-2-6-12(14)11-17(18)22/h2-10,17-18,22H,11H2,1H3,(H,20,23)/t17-,18+/m1/s1. The number of para-hydroxylation sites is 1. The minimum absolute atomic E-state index is 0.163. The zero-order valence-electron chi connectivity index (χ0n) is 12.9. The van der Waals surface area contributed by atoms with Gasteiger partial charge in [0.15, 0.2) is 0 Å². The van der Waals surface area contributed by atoms with Gasteiger partial charge in [0.05, 0.1) is 12.1 Å². The molecule has 116 valence electrons. The Labute approximate surface area is 134 Å². The van der Waals surface area contributed by atoms with E-state index in [9.17, 15) is 9.90 Å². The van der Waals surface area contributed by atoms with Gasteiger partial charge < -0.3 is 15.0 Å². The summed E-state index contributed by atoms with van der Waals surface area (Å²) < 4.78 is 1.89. The lowest BCUT2D eigenvalue weighted by atomic mass is 10.1. The summed E-state index contributed by atoms with van der Waals surface area (Å²) in [7, 11) is 1.89. The van der Waals surface area contributed by atoms with Gasteiger partial charge in [0.2, 0.25) is 0 Å². The van der Waals surface area contributed by atoms with Crippen LogP contribution in [-0.4, -0.2) is 21.7 Å². The SMILES string of the molecule is Cn1c(C(=O)N[C@H]2c3ccccc3C[C@H]2O)cc2ccccc21. The first-order valence-electron chi connectivity index (χ1n) is 7.76. The summed E-state index contributed by atoms with van der Waals surface area (Å²) >= 11 is 0. The molecule has 0 saturated carbocycles. The van der Waals surface area contributed by atoms with Crippen LogP contribution >= 0.6 is 0 Å². The number of hydrogen-bond donors (Lipinski definition) is 2. The Morgan fingerprint density at radius 1 is 1.17 bits per heavy atom. The number of aliphatic hydroxyl groups excluding tert-OH is 1. The predicted octanol–water partition coefficient (Wildman–Crippen LogP) is 2.57. The highest BCUT2D eigenvalue weighted by Gasteiger charge is 2.32. The number of amides is 1. The fraction of sp³-hybridized carbons (Fsp3) is 0.211. The molecule has 1 aliphatic rings. The van der Waals surface area contributed by atoms with Gasteiger partial charge in [-0.3, -0.25) is 4.79 Å². The zero-order valence-corrected chi connectivity index (χ0v) is 12.9. The topological polar surface area (TPSA) is 54.3 Å². The first kappa shape index (κ1) is 14.0. The number of aromatic nitrogens is 1. The van der Waals surface area contributed by atoms with Crippen LogP contribution in [0.1, 0.15) is 27.7 Å². The van der Waals surface area contributed by atoms with Crippen molar-refractivity contribution in [1.82, 2.24) is 9.88 Å². The maximum absolute atomic E-state index is 12.7. The Morgan fingerprint density at radius 3 is 2.74 bits per heavy atom. The van der Waals surface area contributed by atoms with Crippen LogP contribution in [0.25, 0.3) is 10.9 Å². The smallest absolute Gasteiger partial charge is 0.268 e. The van der Waals surface area contributed by atoms with Crippen molar-refractivity contribution in [2.24, 2.45) is 7.05 Å². The third-order valence-electron chi connectivity index (χ3n) is 4.67. The van der Waals surface area contributed by atoms with E-state index in [1.54, 1.807) is 0 Å². The van der Waals surface area contributed by atoms with Crippen molar-refractivity contribution >= 4 is 16.8 Å². The Morgan fingerprint density at radius 2 is 1.91 bits per heavy atom. The average molecular weight is 306 g/mol. The minimum atomic E-state index is -0.578. The van der Waals surface area contributed by atoms with Crippen LogP contribution in [0.5, 0.6) is 0 Å². The van der Waals surface area contributed by atoms with Crippen molar-refractivity contribution in [2.45, 2.75) is 18.6 Å². The molecule has 0 unspecified atom stereocenters. The number of hydrogen-bond acceptors (Lipinski definition) is 2. The molecule has 1 aliphatic carbocycles. The van der Waals surface area contributed by atoms with Gasteiger partial charge >= 0.3 is 0 Å². The number of aliphatic hydroxyl groups is 1. The van der Waals surface area contributed by atoms with Gasteiger partial charge in [0.25, 0.3) is 5.91 Å². The Hall–Kier alpha value is -2.59. The molecular weight excluding hydrogens is 288 g/mol. The summed E-state index contributed by atoms with van der Waals surface area (Å²) in [6, 6.07) is 17.3. The van der Waals surface area contributed by atoms with Gasteiger partial charge in [-0.25, -0.2) is 0 Å². The van der Waals surface area contributed by atoms with Gasteiger partial charge in [0.1, 0.15) is 5.69 Å². The Bertz CT molecular complexity index is 897. The van der Waals surface area contributed by atoms with E-state index >= 15 is 0 Å². The number of carbonyl (C=O) groups excluding carboxylic acids is 1. The average Bonchev–Trinajstić information content (AvgIpc) is 3.06. The first-order valence-corrected chi connectivity index (χ1v) is 7.76. The van der Waals surface area contributed by atoms with Crippen LogP contribution in [0.2, 0.25) is 0 Å². The van der Waals surface area contributed by atoms with Gasteiger partial charge in [-0.2, -0.15) is 0 Å². The van der Waals surface area contributed by atoms with Crippen LogP contribution in [0, 0.1) is 0 Å². The third kappa shape index (κ3) is 2.23. The van der Waals surface area contributed by atoms with E-state index in [1.165, 1.54) is 0 Å². The largest absolute Gasteiger partial charge is 0.390 e. The van der Waals surface area contributed by atoms with E-state index in [1.807, 2.05) is 66.2 Å². The second-order valence-corrected chi connectivity index (χ2v) is 6.07. The number of carbonyl (C=O) groups is 1. The summed E-state index contributed by atoms with van der Waals surface area (Å²) in [5.41, 5.74) is 3.72. The molecule has 0 bridgehead atoms. The number of aryl methyl sites for hydroxylation is 1. The normalized spacial score (nSPS) is 19.7. The van der Waals surface area contributed by atoms with Gasteiger partial charge in [-0.15, -0.1) is 0 Å². The third-order valence-corrected chi connectivity index (χ3v) is 4.67. The molecule has 4 heteroatoms. The highest BCUT2D eigenvalue weighted by Crippen LogP contribution is 2.31. The molecule has 2 atom stereocenters. The number of rotatable bonds is 2. The van der Waals surface area contributed by atoms with Gasteiger partial charge in [-0.1, -0.05) is 42.5 Å². The fourth-order valence-electron chi connectivity index (χ4n) is 3.47. The second kappa shape index (κ2) is 5.25. The quantitative estimate of drug-likeness (QED) is 0.764. The summed E-state index contributed by atoms with van der Waals surface area (Å²) in [4.78, 5) is 12.7. The predicted molar refractivity (Wildman–Crippen MR) is 89.3 cm³/mol. The van der Waals surface area contributed by atoms with Gasteiger partial charge in [0, 0.05) is 24.4 Å². The van der Waals surface area contributed by atoms with Gasteiger partial charge in [-0.05, 0) is 23.3 Å². The zero-order chi connectivity index (χ0) is 16.0. The number of nitrogens with zero attached hydrogens (tertiary/aromatic N) is 1. The van der Waals surface area contributed by atoms with E-state index in [0.29, 0.717) is 12.1 Å². The minimum Gasteiger partial charge on any atom is -0.390 e. The maximum atomic E-state index is 12.7. The molecule has 1 heterocycles. The fourth-order valence-corrected chi connectivity index (χ4v) is 3.47. The second-order valence-electron chi connectivity index (χ2n) is 6.07. The van der Waals surface area contributed by atoms with E-state index in [-0.39, 0.29) is 11.9 Å². The molecule has 1 amide bonds.